The molecule has 0 saturated carbocycles. The van der Waals surface area contributed by atoms with Gasteiger partial charge in [-0.05, 0) is 81.0 Å². The van der Waals surface area contributed by atoms with E-state index < -0.39 is 5.60 Å². The molecule has 2 aliphatic rings. The van der Waals surface area contributed by atoms with Crippen molar-refractivity contribution in [3.63, 3.8) is 0 Å². The van der Waals surface area contributed by atoms with Crippen LogP contribution in [0.25, 0.3) is 17.2 Å². The predicted molar refractivity (Wildman–Crippen MR) is 139 cm³/mol. The lowest BCUT2D eigenvalue weighted by Crippen LogP contribution is -2.34. The van der Waals surface area contributed by atoms with Crippen LogP contribution in [0.1, 0.15) is 27.8 Å². The van der Waals surface area contributed by atoms with E-state index in [4.69, 9.17) is 14.2 Å². The summed E-state index contributed by atoms with van der Waals surface area (Å²) in [4.78, 5) is 0. The van der Waals surface area contributed by atoms with E-state index in [2.05, 4.69) is 82.7 Å². The van der Waals surface area contributed by atoms with Crippen molar-refractivity contribution in [2.45, 2.75) is 12.0 Å². The van der Waals surface area contributed by atoms with Gasteiger partial charge < -0.3 is 14.2 Å². The van der Waals surface area contributed by atoms with Gasteiger partial charge in [0.05, 0.1) is 18.7 Å². The second-order valence-corrected chi connectivity index (χ2v) is 9.44. The van der Waals surface area contributed by atoms with Crippen molar-refractivity contribution in [3.8, 4) is 28.4 Å². The Labute approximate surface area is 207 Å². The number of rotatable bonds is 4. The summed E-state index contributed by atoms with van der Waals surface area (Å²) >= 11 is 3.83. The van der Waals surface area contributed by atoms with E-state index in [0.29, 0.717) is 0 Å². The molecule has 168 valence electrons. The van der Waals surface area contributed by atoms with Crippen LogP contribution in [0.5, 0.6) is 17.2 Å². The van der Waals surface area contributed by atoms with Crippen LogP contribution in [0.3, 0.4) is 0 Å². The van der Waals surface area contributed by atoms with Gasteiger partial charge in [0.2, 0.25) is 0 Å². The van der Waals surface area contributed by atoms with Gasteiger partial charge in [0.15, 0.2) is 5.60 Å². The fourth-order valence-electron chi connectivity index (χ4n) is 5.08. The summed E-state index contributed by atoms with van der Waals surface area (Å²) in [6.07, 6.45) is 5.31. The van der Waals surface area contributed by atoms with E-state index in [1.165, 1.54) is 22.3 Å². The zero-order valence-corrected chi connectivity index (χ0v) is 20.6. The minimum atomic E-state index is -0.784. The van der Waals surface area contributed by atoms with E-state index in [1.807, 2.05) is 24.3 Å². The molecular weight excluding hydrogens is 488 g/mol. The molecule has 4 heteroatoms. The molecule has 0 amide bonds. The molecule has 0 bridgehead atoms. The van der Waals surface area contributed by atoms with Gasteiger partial charge in [-0.15, -0.1) is 0 Å². The first-order valence-electron chi connectivity index (χ1n) is 11.2. The van der Waals surface area contributed by atoms with Crippen LogP contribution in [-0.4, -0.2) is 14.2 Å². The monoisotopic (exact) mass is 510 g/mol. The molecule has 0 fully saturated rings. The summed E-state index contributed by atoms with van der Waals surface area (Å²) in [5.74, 6) is 2.48. The topological polar surface area (TPSA) is 27.7 Å². The van der Waals surface area contributed by atoms with Gasteiger partial charge in [0, 0.05) is 16.7 Å². The van der Waals surface area contributed by atoms with Crippen LogP contribution in [-0.2, 0) is 12.0 Å². The first kappa shape index (κ1) is 21.1. The maximum Gasteiger partial charge on any atom is 0.178 e. The number of halogens is 1. The van der Waals surface area contributed by atoms with Crippen LogP contribution in [0.2, 0.25) is 0 Å². The molecule has 4 aromatic carbocycles. The van der Waals surface area contributed by atoms with Crippen molar-refractivity contribution in [1.29, 1.82) is 0 Å². The van der Waals surface area contributed by atoms with E-state index in [1.54, 1.807) is 14.2 Å². The van der Waals surface area contributed by atoms with Gasteiger partial charge in [0.1, 0.15) is 17.2 Å². The largest absolute Gasteiger partial charge is 0.497 e. The van der Waals surface area contributed by atoms with Gasteiger partial charge in [-0.25, -0.2) is 0 Å². The third-order valence-corrected chi connectivity index (χ3v) is 7.43. The van der Waals surface area contributed by atoms with E-state index in [9.17, 15) is 0 Å². The molecule has 0 N–H and O–H groups in total. The molecule has 0 saturated heterocycles. The first-order valence-corrected chi connectivity index (χ1v) is 12.0. The second kappa shape index (κ2) is 8.07. The number of hydrogen-bond donors (Lipinski definition) is 0. The van der Waals surface area contributed by atoms with E-state index in [0.717, 1.165) is 44.8 Å². The SMILES string of the molecule is COc1ccc(C2(c3ccc(OC)cc3)C=Cc3c4c(cc(Br)c3O2)-c2ccccc2C4)cc1. The molecule has 0 unspecified atom stereocenters. The number of methoxy groups -OCH3 is 2. The van der Waals surface area contributed by atoms with Crippen LogP contribution in [0, 0.1) is 0 Å². The summed E-state index contributed by atoms with van der Waals surface area (Å²) < 4.78 is 18.7. The number of hydrogen-bond acceptors (Lipinski definition) is 3. The zero-order chi connectivity index (χ0) is 23.3. The van der Waals surface area contributed by atoms with Crippen molar-refractivity contribution < 1.29 is 14.2 Å². The van der Waals surface area contributed by atoms with Crippen molar-refractivity contribution in [1.82, 2.24) is 0 Å². The minimum absolute atomic E-state index is 0.784. The Hall–Kier alpha value is -3.50. The van der Waals surface area contributed by atoms with Crippen LogP contribution in [0.15, 0.2) is 89.4 Å². The zero-order valence-electron chi connectivity index (χ0n) is 19.0. The highest BCUT2D eigenvalue weighted by Gasteiger charge is 2.39. The standard InChI is InChI=1S/C30H23BrO3/c1-32-22-11-7-20(8-12-22)30(21-9-13-23(33-2)14-10-21)16-15-25-26-17-19-5-3-4-6-24(19)27(26)18-28(31)29(25)34-30/h3-16,18H,17H2,1-2H3. The van der Waals surface area contributed by atoms with E-state index in [-0.39, 0.29) is 0 Å². The Balaban J connectivity index is 1.53. The summed E-state index contributed by atoms with van der Waals surface area (Å²) in [5.41, 5.74) is 7.65. The Morgan fingerprint density at radius 3 is 2.03 bits per heavy atom. The Morgan fingerprint density at radius 2 is 1.41 bits per heavy atom. The smallest absolute Gasteiger partial charge is 0.178 e. The molecule has 0 atom stereocenters. The van der Waals surface area contributed by atoms with Crippen molar-refractivity contribution in [2.75, 3.05) is 14.2 Å². The van der Waals surface area contributed by atoms with Gasteiger partial charge in [-0.1, -0.05) is 54.6 Å². The highest BCUT2D eigenvalue weighted by molar-refractivity contribution is 9.10. The maximum atomic E-state index is 6.98. The fourth-order valence-corrected chi connectivity index (χ4v) is 5.60. The van der Waals surface area contributed by atoms with Gasteiger partial charge in [-0.3, -0.25) is 0 Å². The van der Waals surface area contributed by atoms with Crippen LogP contribution < -0.4 is 14.2 Å². The summed E-state index contributed by atoms with van der Waals surface area (Å²) in [6, 6.07) is 27.0. The van der Waals surface area contributed by atoms with Crippen molar-refractivity contribution in [2.24, 2.45) is 0 Å². The molecule has 34 heavy (non-hydrogen) atoms. The molecule has 3 nitrogen and oxygen atoms in total. The fraction of sp³-hybridized carbons (Fsp3) is 0.133. The molecule has 4 aromatic rings. The maximum absolute atomic E-state index is 6.98. The number of fused-ring (bicyclic) bond motifs is 5. The molecule has 6 rings (SSSR count). The molecule has 0 aromatic heterocycles. The molecule has 1 heterocycles. The van der Waals surface area contributed by atoms with Crippen LogP contribution in [0.4, 0.5) is 0 Å². The minimum Gasteiger partial charge on any atom is -0.497 e. The molecule has 0 spiro atoms. The Bertz CT molecular complexity index is 1370. The van der Waals surface area contributed by atoms with Crippen LogP contribution >= 0.6 is 15.9 Å². The predicted octanol–water partition coefficient (Wildman–Crippen LogP) is 7.39. The quantitative estimate of drug-likeness (QED) is 0.252. The molecule has 0 radical (unpaired) electrons. The van der Waals surface area contributed by atoms with E-state index >= 15 is 0 Å². The van der Waals surface area contributed by atoms with Gasteiger partial charge >= 0.3 is 0 Å². The third kappa shape index (κ3) is 3.17. The molecule has 1 aliphatic carbocycles. The second-order valence-electron chi connectivity index (χ2n) is 8.59. The average molecular weight is 511 g/mol. The Kier molecular flexibility index (Phi) is 5.00. The summed E-state index contributed by atoms with van der Waals surface area (Å²) in [5, 5.41) is 0. The number of benzene rings is 4. The van der Waals surface area contributed by atoms with Gasteiger partial charge in [0.25, 0.3) is 0 Å². The highest BCUT2D eigenvalue weighted by atomic mass is 79.9. The molecule has 1 aliphatic heterocycles. The lowest BCUT2D eigenvalue weighted by atomic mass is 9.83. The first-order chi connectivity index (χ1) is 16.6. The lowest BCUT2D eigenvalue weighted by Gasteiger charge is -2.37. The van der Waals surface area contributed by atoms with Gasteiger partial charge in [-0.2, -0.15) is 0 Å². The number of ether oxygens (including phenoxy) is 3. The third-order valence-electron chi connectivity index (χ3n) is 6.84. The highest BCUT2D eigenvalue weighted by Crippen LogP contribution is 2.51. The normalized spacial score (nSPS) is 14.6. The molecular formula is C30H23BrO3. The Morgan fingerprint density at radius 1 is 0.794 bits per heavy atom. The van der Waals surface area contributed by atoms with Crippen molar-refractivity contribution >= 4 is 22.0 Å². The van der Waals surface area contributed by atoms with Crippen molar-refractivity contribution in [3.05, 3.63) is 117 Å². The summed E-state index contributed by atoms with van der Waals surface area (Å²) in [6.45, 7) is 0. The summed E-state index contributed by atoms with van der Waals surface area (Å²) in [7, 11) is 3.36. The lowest BCUT2D eigenvalue weighted by molar-refractivity contribution is 0.159. The average Bonchev–Trinajstić information content (AvgIpc) is 3.27.